The molecule has 2 aliphatic carbocycles. The van der Waals surface area contributed by atoms with E-state index in [9.17, 15) is 14.4 Å². The lowest BCUT2D eigenvalue weighted by Crippen LogP contribution is -2.56. The van der Waals surface area contributed by atoms with E-state index in [0.717, 1.165) is 89.5 Å². The second-order valence-corrected chi connectivity index (χ2v) is 14.2. The Bertz CT molecular complexity index is 1140. The minimum Gasteiger partial charge on any atom is -0.448 e. The lowest BCUT2D eigenvalue weighted by Gasteiger charge is -2.44. The molecule has 2 amide bonds. The monoisotopic (exact) mass is 554 g/mol. The SMILES string of the molecule is CC12CCC(C(=O)N3CCC(C4CCN(C(=O)C5(c6ccc(Cl)cc6)CCCC5)CC4)CC3)(OC1=O)C2(C)C. The maximum Gasteiger partial charge on any atom is 0.313 e. The average molecular weight is 555 g/mol. The van der Waals surface area contributed by atoms with E-state index in [4.69, 9.17) is 16.3 Å². The van der Waals surface area contributed by atoms with Crippen LogP contribution in [0.5, 0.6) is 0 Å². The number of likely N-dealkylation sites (tertiary alicyclic amines) is 2. The quantitative estimate of drug-likeness (QED) is 0.444. The van der Waals surface area contributed by atoms with Crippen LogP contribution in [0.4, 0.5) is 0 Å². The van der Waals surface area contributed by atoms with Gasteiger partial charge < -0.3 is 14.5 Å². The minimum atomic E-state index is -1.00. The Balaban J connectivity index is 1.05. The van der Waals surface area contributed by atoms with Gasteiger partial charge in [0.05, 0.1) is 10.8 Å². The number of carbonyl (C=O) groups is 3. The molecule has 3 aliphatic heterocycles. The van der Waals surface area contributed by atoms with Crippen LogP contribution in [0.25, 0.3) is 0 Å². The Morgan fingerprint density at radius 2 is 1.31 bits per heavy atom. The fourth-order valence-electron chi connectivity index (χ4n) is 8.80. The Morgan fingerprint density at radius 3 is 1.77 bits per heavy atom. The summed E-state index contributed by atoms with van der Waals surface area (Å²) in [6, 6.07) is 7.92. The molecule has 2 unspecified atom stereocenters. The molecule has 1 aromatic carbocycles. The number of carbonyl (C=O) groups excluding carboxylic acids is 3. The maximum absolute atomic E-state index is 13.9. The van der Waals surface area contributed by atoms with Gasteiger partial charge in [0, 0.05) is 36.6 Å². The van der Waals surface area contributed by atoms with Crippen LogP contribution in [0, 0.1) is 22.7 Å². The molecular weight excluding hydrogens is 512 g/mol. The molecule has 0 radical (unpaired) electrons. The molecule has 39 heavy (non-hydrogen) atoms. The van der Waals surface area contributed by atoms with Crippen molar-refractivity contribution in [2.45, 2.75) is 96.0 Å². The van der Waals surface area contributed by atoms with Crippen LogP contribution in [0.3, 0.4) is 0 Å². The van der Waals surface area contributed by atoms with E-state index >= 15 is 0 Å². The molecule has 1 aromatic rings. The molecule has 212 valence electrons. The zero-order valence-electron chi connectivity index (χ0n) is 23.8. The van der Waals surface area contributed by atoms with E-state index in [1.165, 1.54) is 0 Å². The molecule has 0 spiro atoms. The van der Waals surface area contributed by atoms with Crippen molar-refractivity contribution in [2.75, 3.05) is 26.2 Å². The summed E-state index contributed by atoms with van der Waals surface area (Å²) in [5.74, 6) is 1.28. The average Bonchev–Trinajstić information content (AvgIpc) is 3.56. The van der Waals surface area contributed by atoms with Crippen molar-refractivity contribution in [3.63, 3.8) is 0 Å². The predicted molar refractivity (Wildman–Crippen MR) is 150 cm³/mol. The zero-order chi connectivity index (χ0) is 27.6. The third-order valence-corrected chi connectivity index (χ3v) is 12.3. The van der Waals surface area contributed by atoms with Gasteiger partial charge in [-0.3, -0.25) is 14.4 Å². The van der Waals surface area contributed by atoms with Crippen molar-refractivity contribution >= 4 is 29.4 Å². The first-order valence-electron chi connectivity index (χ1n) is 15.1. The van der Waals surface area contributed by atoms with Gasteiger partial charge in [-0.25, -0.2) is 0 Å². The second kappa shape index (κ2) is 9.49. The topological polar surface area (TPSA) is 66.9 Å². The van der Waals surface area contributed by atoms with Crippen LogP contribution in [-0.4, -0.2) is 59.4 Å². The van der Waals surface area contributed by atoms with Crippen molar-refractivity contribution in [3.8, 4) is 0 Å². The molecule has 0 aromatic heterocycles. The molecular formula is C32H43ClN2O4. The summed E-state index contributed by atoms with van der Waals surface area (Å²) >= 11 is 6.14. The molecule has 2 bridgehead atoms. The fraction of sp³-hybridized carbons (Fsp3) is 0.719. The highest BCUT2D eigenvalue weighted by atomic mass is 35.5. The highest BCUT2D eigenvalue weighted by Gasteiger charge is 2.76. The van der Waals surface area contributed by atoms with Crippen LogP contribution >= 0.6 is 11.6 Å². The maximum atomic E-state index is 13.9. The smallest absolute Gasteiger partial charge is 0.313 e. The predicted octanol–water partition coefficient (Wildman–Crippen LogP) is 5.75. The summed E-state index contributed by atoms with van der Waals surface area (Å²) in [6.07, 6.45) is 9.43. The second-order valence-electron chi connectivity index (χ2n) is 13.7. The molecule has 6 nitrogen and oxygen atoms in total. The molecule has 0 N–H and O–H groups in total. The molecule has 6 rings (SSSR count). The highest BCUT2D eigenvalue weighted by molar-refractivity contribution is 6.30. The normalized spacial score (nSPS) is 32.5. The van der Waals surface area contributed by atoms with Crippen molar-refractivity contribution in [3.05, 3.63) is 34.9 Å². The number of nitrogens with zero attached hydrogens (tertiary/aromatic N) is 2. The number of benzene rings is 1. The first-order chi connectivity index (χ1) is 18.5. The fourth-order valence-corrected chi connectivity index (χ4v) is 8.93. The molecule has 3 heterocycles. The van der Waals surface area contributed by atoms with Crippen molar-refractivity contribution in [1.82, 2.24) is 9.80 Å². The zero-order valence-corrected chi connectivity index (χ0v) is 24.5. The Morgan fingerprint density at radius 1 is 0.795 bits per heavy atom. The van der Waals surface area contributed by atoms with Crippen LogP contribution in [0.15, 0.2) is 24.3 Å². The van der Waals surface area contributed by atoms with Gasteiger partial charge in [-0.15, -0.1) is 0 Å². The lowest BCUT2D eigenvalue weighted by atomic mass is 9.66. The number of esters is 1. The number of hydrogen-bond donors (Lipinski definition) is 0. The van der Waals surface area contributed by atoms with Crippen LogP contribution in [0.2, 0.25) is 5.02 Å². The third-order valence-electron chi connectivity index (χ3n) is 12.0. The number of halogens is 1. The third kappa shape index (κ3) is 3.90. The minimum absolute atomic E-state index is 0.0185. The standard InChI is InChI=1S/C32H43ClN2O4/c1-29(2)30(3)16-17-32(29,39-28(30)38)27(37)35-20-12-23(13-21-35)22-10-18-34(19-11-22)26(36)31(14-4-5-15-31)24-6-8-25(33)9-7-24/h6-9,22-23H,4-5,10-21H2,1-3H3. The molecule has 7 heteroatoms. The number of amides is 2. The van der Waals surface area contributed by atoms with Crippen LogP contribution < -0.4 is 0 Å². The summed E-state index contributed by atoms with van der Waals surface area (Å²) < 4.78 is 5.87. The van der Waals surface area contributed by atoms with Gasteiger partial charge in [-0.05, 0) is 87.8 Å². The van der Waals surface area contributed by atoms with E-state index in [2.05, 4.69) is 4.90 Å². The summed E-state index contributed by atoms with van der Waals surface area (Å²) in [7, 11) is 0. The number of piperidine rings is 2. The van der Waals surface area contributed by atoms with Gasteiger partial charge in [-0.1, -0.05) is 50.4 Å². The summed E-state index contributed by atoms with van der Waals surface area (Å²) in [4.78, 5) is 44.4. The Kier molecular flexibility index (Phi) is 6.60. The van der Waals surface area contributed by atoms with E-state index in [1.807, 2.05) is 49.9 Å². The van der Waals surface area contributed by atoms with Crippen molar-refractivity contribution in [2.24, 2.45) is 22.7 Å². The summed E-state index contributed by atoms with van der Waals surface area (Å²) in [6.45, 7) is 9.14. The summed E-state index contributed by atoms with van der Waals surface area (Å²) in [5, 5.41) is 0.710. The van der Waals surface area contributed by atoms with E-state index in [0.29, 0.717) is 29.2 Å². The molecule has 5 fully saturated rings. The van der Waals surface area contributed by atoms with Gasteiger partial charge in [0.25, 0.3) is 5.91 Å². The van der Waals surface area contributed by atoms with Crippen LogP contribution in [0.1, 0.15) is 90.5 Å². The Hall–Kier alpha value is -2.08. The number of hydrogen-bond acceptors (Lipinski definition) is 4. The molecule has 3 saturated heterocycles. The number of ether oxygens (including phenoxy) is 1. The Labute approximate surface area is 237 Å². The van der Waals surface area contributed by atoms with Gasteiger partial charge in [-0.2, -0.15) is 0 Å². The molecule has 2 atom stereocenters. The van der Waals surface area contributed by atoms with Crippen molar-refractivity contribution in [1.29, 1.82) is 0 Å². The van der Waals surface area contributed by atoms with Gasteiger partial charge >= 0.3 is 5.97 Å². The van der Waals surface area contributed by atoms with Gasteiger partial charge in [0.15, 0.2) is 5.60 Å². The first-order valence-corrected chi connectivity index (χ1v) is 15.5. The van der Waals surface area contributed by atoms with Crippen molar-refractivity contribution < 1.29 is 19.1 Å². The van der Waals surface area contributed by atoms with Gasteiger partial charge in [0.2, 0.25) is 5.91 Å². The molecule has 5 aliphatic rings. The summed E-state index contributed by atoms with van der Waals surface area (Å²) in [5.41, 5.74) is -1.34. The van der Waals surface area contributed by atoms with Gasteiger partial charge in [0.1, 0.15) is 0 Å². The number of fused-ring (bicyclic) bond motifs is 2. The van der Waals surface area contributed by atoms with Crippen LogP contribution in [-0.2, 0) is 24.5 Å². The molecule has 2 saturated carbocycles. The van der Waals surface area contributed by atoms with E-state index in [-0.39, 0.29) is 11.9 Å². The highest BCUT2D eigenvalue weighted by Crippen LogP contribution is 2.66. The number of rotatable bonds is 4. The van der Waals surface area contributed by atoms with E-state index in [1.54, 1.807) is 0 Å². The first kappa shape index (κ1) is 27.1. The lowest BCUT2D eigenvalue weighted by molar-refractivity contribution is -0.175. The largest absolute Gasteiger partial charge is 0.448 e. The van der Waals surface area contributed by atoms with E-state index < -0.39 is 21.8 Å².